The van der Waals surface area contributed by atoms with Crippen LogP contribution in [0.25, 0.3) is 10.2 Å². The number of amides is 3. The smallest absolute Gasteiger partial charge is 0.260 e. The highest BCUT2D eigenvalue weighted by Crippen LogP contribution is 2.34. The fourth-order valence-corrected chi connectivity index (χ4v) is 5.70. The molecule has 5 rings (SSSR count). The SMILES string of the molecule is Cc1cc(Cl)cc2sc(N(C[C@@H]3CCCO3)C(=O)c3ccc(N4C(=O)CCC4=O)cc3)nc12. The Bertz CT molecular complexity index is 1230. The quantitative estimate of drug-likeness (QED) is 0.490. The van der Waals surface area contributed by atoms with Crippen molar-refractivity contribution in [2.24, 2.45) is 0 Å². The largest absolute Gasteiger partial charge is 0.376 e. The Morgan fingerprint density at radius 3 is 2.61 bits per heavy atom. The van der Waals surface area contributed by atoms with Gasteiger partial charge in [-0.05, 0) is 61.7 Å². The third-order valence-corrected chi connectivity index (χ3v) is 7.19. The predicted molar refractivity (Wildman–Crippen MR) is 128 cm³/mol. The lowest BCUT2D eigenvalue weighted by Crippen LogP contribution is -2.37. The van der Waals surface area contributed by atoms with Gasteiger partial charge in [0.05, 0.1) is 28.6 Å². The van der Waals surface area contributed by atoms with E-state index in [9.17, 15) is 14.4 Å². The van der Waals surface area contributed by atoms with Crippen molar-refractivity contribution >= 4 is 61.7 Å². The Labute approximate surface area is 199 Å². The number of imide groups is 1. The molecule has 7 nitrogen and oxygen atoms in total. The van der Waals surface area contributed by atoms with E-state index in [1.165, 1.54) is 16.2 Å². The molecular formula is C24H22ClN3O4S. The predicted octanol–water partition coefficient (Wildman–Crippen LogP) is 4.74. The zero-order valence-corrected chi connectivity index (χ0v) is 19.6. The number of aromatic nitrogens is 1. The van der Waals surface area contributed by atoms with Crippen LogP contribution in [0, 0.1) is 6.92 Å². The van der Waals surface area contributed by atoms with Crippen LogP contribution in [0.2, 0.25) is 5.02 Å². The van der Waals surface area contributed by atoms with E-state index >= 15 is 0 Å². The van der Waals surface area contributed by atoms with Crippen molar-refractivity contribution in [2.45, 2.75) is 38.7 Å². The molecule has 2 aromatic carbocycles. The van der Waals surface area contributed by atoms with Crippen LogP contribution in [0.3, 0.4) is 0 Å². The van der Waals surface area contributed by atoms with E-state index in [1.807, 2.05) is 19.1 Å². The van der Waals surface area contributed by atoms with Crippen molar-refractivity contribution in [1.29, 1.82) is 0 Å². The van der Waals surface area contributed by atoms with Gasteiger partial charge in [-0.2, -0.15) is 0 Å². The average Bonchev–Trinajstić information content (AvgIpc) is 3.52. The highest BCUT2D eigenvalue weighted by Gasteiger charge is 2.31. The molecule has 3 aromatic rings. The maximum Gasteiger partial charge on any atom is 0.260 e. The minimum atomic E-state index is -0.220. The molecule has 33 heavy (non-hydrogen) atoms. The molecule has 0 N–H and O–H groups in total. The number of halogens is 1. The van der Waals surface area contributed by atoms with Gasteiger partial charge in [0.25, 0.3) is 5.91 Å². The zero-order valence-electron chi connectivity index (χ0n) is 18.0. The van der Waals surface area contributed by atoms with Crippen LogP contribution < -0.4 is 9.80 Å². The first-order valence-corrected chi connectivity index (χ1v) is 12.1. The Morgan fingerprint density at radius 1 is 1.21 bits per heavy atom. The molecule has 170 valence electrons. The molecule has 2 aliphatic heterocycles. The summed E-state index contributed by atoms with van der Waals surface area (Å²) < 4.78 is 6.72. The Balaban J connectivity index is 1.47. The number of rotatable bonds is 5. The molecule has 2 saturated heterocycles. The van der Waals surface area contributed by atoms with Crippen LogP contribution >= 0.6 is 22.9 Å². The number of thiazole rings is 1. The van der Waals surface area contributed by atoms with Crippen molar-refractivity contribution in [1.82, 2.24) is 4.98 Å². The molecule has 9 heteroatoms. The Kier molecular flexibility index (Phi) is 5.90. The summed E-state index contributed by atoms with van der Waals surface area (Å²) >= 11 is 7.64. The molecule has 0 spiro atoms. The van der Waals surface area contributed by atoms with E-state index in [-0.39, 0.29) is 36.7 Å². The first kappa shape index (κ1) is 22.0. The monoisotopic (exact) mass is 483 g/mol. The van der Waals surface area contributed by atoms with E-state index in [2.05, 4.69) is 0 Å². The average molecular weight is 484 g/mol. The summed E-state index contributed by atoms with van der Waals surface area (Å²) in [6.07, 6.45) is 2.24. The third kappa shape index (κ3) is 4.26. The number of ether oxygens (including phenoxy) is 1. The highest BCUT2D eigenvalue weighted by molar-refractivity contribution is 7.22. The lowest BCUT2D eigenvalue weighted by atomic mass is 10.1. The summed E-state index contributed by atoms with van der Waals surface area (Å²) in [4.78, 5) is 45.2. The van der Waals surface area contributed by atoms with Gasteiger partial charge in [-0.3, -0.25) is 24.2 Å². The zero-order chi connectivity index (χ0) is 23.1. The molecule has 1 atom stereocenters. The lowest BCUT2D eigenvalue weighted by Gasteiger charge is -2.23. The third-order valence-electron chi connectivity index (χ3n) is 5.95. The number of anilines is 2. The van der Waals surface area contributed by atoms with Crippen LogP contribution in [0.4, 0.5) is 10.8 Å². The van der Waals surface area contributed by atoms with Gasteiger partial charge in [-0.15, -0.1) is 0 Å². The fourth-order valence-electron chi connectivity index (χ4n) is 4.27. The summed E-state index contributed by atoms with van der Waals surface area (Å²) in [5, 5.41) is 1.22. The van der Waals surface area contributed by atoms with Gasteiger partial charge in [-0.25, -0.2) is 4.98 Å². The summed E-state index contributed by atoms with van der Waals surface area (Å²) in [6, 6.07) is 10.3. The molecule has 0 bridgehead atoms. The summed E-state index contributed by atoms with van der Waals surface area (Å²) in [5.41, 5.74) is 2.71. The van der Waals surface area contributed by atoms with Gasteiger partial charge < -0.3 is 4.74 Å². The number of nitrogens with zero attached hydrogens (tertiary/aromatic N) is 3. The second kappa shape index (κ2) is 8.85. The molecule has 3 amide bonds. The van der Waals surface area contributed by atoms with E-state index in [0.717, 1.165) is 28.6 Å². The van der Waals surface area contributed by atoms with Crippen LogP contribution in [-0.2, 0) is 14.3 Å². The molecule has 1 aromatic heterocycles. The molecular weight excluding hydrogens is 462 g/mol. The Morgan fingerprint density at radius 2 is 1.94 bits per heavy atom. The number of benzene rings is 2. The molecule has 0 radical (unpaired) electrons. The molecule has 0 saturated carbocycles. The van der Waals surface area contributed by atoms with Crippen LogP contribution in [-0.4, -0.2) is 42.0 Å². The number of hydrogen-bond donors (Lipinski definition) is 0. The second-order valence-electron chi connectivity index (χ2n) is 8.29. The minimum absolute atomic E-state index is 0.0511. The van der Waals surface area contributed by atoms with Gasteiger partial charge >= 0.3 is 0 Å². The van der Waals surface area contributed by atoms with Gasteiger partial charge in [0.1, 0.15) is 0 Å². The molecule has 0 aliphatic carbocycles. The number of hydrogen-bond acceptors (Lipinski definition) is 6. The second-order valence-corrected chi connectivity index (χ2v) is 9.73. The van der Waals surface area contributed by atoms with E-state index in [4.69, 9.17) is 21.3 Å². The highest BCUT2D eigenvalue weighted by atomic mass is 35.5. The van der Waals surface area contributed by atoms with Crippen LogP contribution in [0.1, 0.15) is 41.6 Å². The van der Waals surface area contributed by atoms with Gasteiger partial charge in [0.15, 0.2) is 5.13 Å². The van der Waals surface area contributed by atoms with Crippen molar-refractivity contribution in [3.63, 3.8) is 0 Å². The number of fused-ring (bicyclic) bond motifs is 1. The molecule has 2 aliphatic rings. The fraction of sp³-hybridized carbons (Fsp3) is 0.333. The number of carbonyl (C=O) groups excluding carboxylic acids is 3. The van der Waals surface area contributed by atoms with Crippen molar-refractivity contribution in [2.75, 3.05) is 23.0 Å². The van der Waals surface area contributed by atoms with E-state index in [1.54, 1.807) is 29.2 Å². The maximum atomic E-state index is 13.6. The minimum Gasteiger partial charge on any atom is -0.376 e. The van der Waals surface area contributed by atoms with Crippen molar-refractivity contribution in [3.8, 4) is 0 Å². The normalized spacial score (nSPS) is 18.5. The van der Waals surface area contributed by atoms with Crippen molar-refractivity contribution < 1.29 is 19.1 Å². The molecule has 2 fully saturated rings. The first-order valence-electron chi connectivity index (χ1n) is 10.9. The van der Waals surface area contributed by atoms with Crippen LogP contribution in [0.15, 0.2) is 36.4 Å². The number of aryl methyl sites for hydroxylation is 1. The topological polar surface area (TPSA) is 79.8 Å². The van der Waals surface area contributed by atoms with Gasteiger partial charge in [0, 0.05) is 30.0 Å². The summed E-state index contributed by atoms with van der Waals surface area (Å²) in [5.74, 6) is -0.649. The maximum absolute atomic E-state index is 13.6. The van der Waals surface area contributed by atoms with Gasteiger partial charge in [0.2, 0.25) is 11.8 Å². The Hall–Kier alpha value is -2.81. The standard InChI is InChI=1S/C24H22ClN3O4S/c1-14-11-16(25)12-19-22(14)26-24(33-19)27(13-18-3-2-10-32-18)23(31)15-4-6-17(7-5-15)28-20(29)8-9-21(28)30/h4-7,11-12,18H,2-3,8-10,13H2,1H3/t18-/m0/s1. The van der Waals surface area contributed by atoms with E-state index < -0.39 is 0 Å². The molecule has 3 heterocycles. The summed E-state index contributed by atoms with van der Waals surface area (Å²) in [6.45, 7) is 3.04. The molecule has 0 unspecified atom stereocenters. The van der Waals surface area contributed by atoms with E-state index in [0.29, 0.717) is 34.6 Å². The summed E-state index contributed by atoms with van der Waals surface area (Å²) in [7, 11) is 0. The number of carbonyl (C=O) groups is 3. The lowest BCUT2D eigenvalue weighted by molar-refractivity contribution is -0.121. The van der Waals surface area contributed by atoms with Crippen molar-refractivity contribution in [3.05, 3.63) is 52.5 Å². The first-order chi connectivity index (χ1) is 15.9. The van der Waals surface area contributed by atoms with Crippen LogP contribution in [0.5, 0.6) is 0 Å². The van der Waals surface area contributed by atoms with Gasteiger partial charge in [-0.1, -0.05) is 22.9 Å².